The van der Waals surface area contributed by atoms with Crippen LogP contribution >= 0.6 is 11.6 Å². The fourth-order valence-corrected chi connectivity index (χ4v) is 3.38. The number of H-pyrrole nitrogens is 1. The second-order valence-electron chi connectivity index (χ2n) is 6.81. The summed E-state index contributed by atoms with van der Waals surface area (Å²) in [6, 6.07) is 10.9. The molecule has 0 atom stereocenters. The summed E-state index contributed by atoms with van der Waals surface area (Å²) < 4.78 is 0. The number of carbonyl (C=O) groups excluding carboxylic acids is 2. The van der Waals surface area contributed by atoms with Crippen LogP contribution in [0.1, 0.15) is 40.3 Å². The van der Waals surface area contributed by atoms with Crippen molar-refractivity contribution in [3.63, 3.8) is 0 Å². The first-order chi connectivity index (χ1) is 14.2. The van der Waals surface area contributed by atoms with E-state index >= 15 is 0 Å². The van der Waals surface area contributed by atoms with Crippen LogP contribution < -0.4 is 5.32 Å². The van der Waals surface area contributed by atoms with Gasteiger partial charge in [0.25, 0.3) is 11.9 Å². The molecule has 1 aliphatic rings. The average Bonchev–Trinajstić information content (AvgIpc) is 3.13. The lowest BCUT2D eigenvalue weighted by atomic mass is 10.0. The maximum Gasteiger partial charge on any atom is 0.300 e. The third kappa shape index (κ3) is 4.93. The molecule has 1 aromatic carbocycles. The lowest BCUT2D eigenvalue weighted by Gasteiger charge is -2.11. The van der Waals surface area contributed by atoms with Gasteiger partial charge in [-0.05, 0) is 43.3 Å². The number of amides is 1. The fraction of sp³-hybridized carbons (Fsp3) is 0.182. The van der Waals surface area contributed by atoms with Gasteiger partial charge >= 0.3 is 0 Å². The van der Waals surface area contributed by atoms with E-state index in [1.165, 1.54) is 6.92 Å². The van der Waals surface area contributed by atoms with Crippen LogP contribution in [0, 0.1) is 0 Å². The highest BCUT2D eigenvalue weighted by molar-refractivity contribution is 6.31. The first kappa shape index (κ1) is 21.3. The summed E-state index contributed by atoms with van der Waals surface area (Å²) in [4.78, 5) is 40.4. The molecule has 4 rings (SSSR count). The minimum atomic E-state index is -0.833. The Kier molecular flexibility index (Phi) is 6.32. The van der Waals surface area contributed by atoms with Gasteiger partial charge in [-0.2, -0.15) is 0 Å². The van der Waals surface area contributed by atoms with Crippen LogP contribution in [0.3, 0.4) is 0 Å². The quantitative estimate of drug-likeness (QED) is 0.549. The van der Waals surface area contributed by atoms with E-state index in [0.717, 1.165) is 35.9 Å². The first-order valence-electron chi connectivity index (χ1n) is 9.22. The Balaban J connectivity index is 0.000000589. The number of halogens is 1. The predicted molar refractivity (Wildman–Crippen MR) is 114 cm³/mol. The van der Waals surface area contributed by atoms with Gasteiger partial charge in [-0.15, -0.1) is 0 Å². The number of Topliss-reactive ketones (excluding diaryl/α,β-unsaturated/α-hetero) is 1. The normalized spacial score (nSPS) is 12.3. The van der Waals surface area contributed by atoms with E-state index in [2.05, 4.69) is 15.3 Å². The monoisotopic (exact) mass is 425 g/mol. The van der Waals surface area contributed by atoms with Crippen LogP contribution in [0.15, 0.2) is 42.6 Å². The summed E-state index contributed by atoms with van der Waals surface area (Å²) >= 11 is 6.15. The molecule has 0 fully saturated rings. The van der Waals surface area contributed by atoms with Gasteiger partial charge in [-0.25, -0.2) is 0 Å². The summed E-state index contributed by atoms with van der Waals surface area (Å²) in [6.45, 7) is 3.23. The number of nitrogens with zero attached hydrogens (tertiary/aromatic N) is 1. The van der Waals surface area contributed by atoms with Gasteiger partial charge in [-0.3, -0.25) is 19.4 Å². The largest absolute Gasteiger partial charge is 0.481 e. The molecule has 0 saturated carbocycles. The summed E-state index contributed by atoms with van der Waals surface area (Å²) in [5.41, 5.74) is 5.45. The van der Waals surface area contributed by atoms with Gasteiger partial charge in [0.1, 0.15) is 0 Å². The molecular weight excluding hydrogens is 406 g/mol. The number of nitrogens with one attached hydrogen (secondary N) is 2. The molecule has 30 heavy (non-hydrogen) atoms. The fourth-order valence-electron chi connectivity index (χ4n) is 3.15. The molecule has 0 radical (unpaired) electrons. The van der Waals surface area contributed by atoms with Gasteiger partial charge in [0.15, 0.2) is 5.78 Å². The van der Waals surface area contributed by atoms with E-state index in [1.807, 2.05) is 18.2 Å². The Hall–Kier alpha value is -3.45. The minimum absolute atomic E-state index is 0.0482. The highest BCUT2D eigenvalue weighted by Gasteiger charge is 2.20. The summed E-state index contributed by atoms with van der Waals surface area (Å²) in [6.07, 6.45) is 2.49. The number of ketones is 1. The van der Waals surface area contributed by atoms with Crippen LogP contribution in [-0.2, 0) is 11.2 Å². The number of pyridine rings is 1. The number of carboxylic acids is 1. The minimum Gasteiger partial charge on any atom is -0.481 e. The maximum atomic E-state index is 12.0. The molecule has 0 spiro atoms. The molecule has 7 nitrogen and oxygen atoms in total. The third-order valence-electron chi connectivity index (χ3n) is 4.48. The molecule has 8 heteroatoms. The van der Waals surface area contributed by atoms with Crippen molar-refractivity contribution in [3.05, 3.63) is 64.4 Å². The van der Waals surface area contributed by atoms with Crippen LogP contribution in [0.25, 0.3) is 22.5 Å². The first-order valence-corrected chi connectivity index (χ1v) is 9.60. The lowest BCUT2D eigenvalue weighted by Crippen LogP contribution is -2.31. The highest BCUT2D eigenvalue weighted by atomic mass is 35.5. The van der Waals surface area contributed by atoms with Crippen LogP contribution in [-0.4, -0.2) is 39.3 Å². The number of hydrogen-bond acceptors (Lipinski definition) is 4. The van der Waals surface area contributed by atoms with E-state index in [0.29, 0.717) is 28.4 Å². The van der Waals surface area contributed by atoms with Gasteiger partial charge in [0, 0.05) is 59.2 Å². The number of carbonyl (C=O) groups is 3. The van der Waals surface area contributed by atoms with Crippen molar-refractivity contribution in [1.29, 1.82) is 0 Å². The molecule has 0 saturated heterocycles. The van der Waals surface area contributed by atoms with E-state index in [1.54, 1.807) is 24.4 Å². The topological polar surface area (TPSA) is 112 Å². The van der Waals surface area contributed by atoms with Gasteiger partial charge in [0.05, 0.1) is 11.3 Å². The molecule has 0 aliphatic carbocycles. The van der Waals surface area contributed by atoms with Crippen molar-refractivity contribution in [3.8, 4) is 22.5 Å². The Morgan fingerprint density at radius 3 is 2.50 bits per heavy atom. The number of hydrogen-bond donors (Lipinski definition) is 3. The number of aromatic nitrogens is 2. The Bertz CT molecular complexity index is 1130. The highest BCUT2D eigenvalue weighted by Crippen LogP contribution is 2.29. The molecular formula is C22H20ClN3O4. The number of carboxylic acid groups (broad SMARTS) is 1. The third-order valence-corrected chi connectivity index (χ3v) is 4.69. The Morgan fingerprint density at radius 2 is 1.83 bits per heavy atom. The number of fused-ring (bicyclic) bond motifs is 1. The SMILES string of the molecule is CC(=O)O.CC(=O)c1cc(Cl)cc(-c2cc(-c3cc4c([nH]3)CCNC4=O)ccn2)c1. The molecule has 3 N–H and O–H groups in total. The van der Waals surface area contributed by atoms with Crippen molar-refractivity contribution in [2.45, 2.75) is 20.3 Å². The summed E-state index contributed by atoms with van der Waals surface area (Å²) in [7, 11) is 0. The zero-order chi connectivity index (χ0) is 21.8. The van der Waals surface area contributed by atoms with Crippen LogP contribution in [0.4, 0.5) is 0 Å². The maximum absolute atomic E-state index is 12.0. The van der Waals surface area contributed by atoms with Crippen LogP contribution in [0.2, 0.25) is 5.02 Å². The molecule has 2 aromatic heterocycles. The molecule has 1 aliphatic heterocycles. The smallest absolute Gasteiger partial charge is 0.300 e. The molecule has 0 unspecified atom stereocenters. The van der Waals surface area contributed by atoms with Crippen molar-refractivity contribution >= 4 is 29.3 Å². The van der Waals surface area contributed by atoms with Crippen molar-refractivity contribution < 1.29 is 19.5 Å². The van der Waals surface area contributed by atoms with E-state index < -0.39 is 5.97 Å². The van der Waals surface area contributed by atoms with E-state index in [-0.39, 0.29) is 11.7 Å². The number of rotatable bonds is 3. The van der Waals surface area contributed by atoms with Crippen molar-refractivity contribution in [1.82, 2.24) is 15.3 Å². The number of aliphatic carboxylic acids is 1. The number of benzene rings is 1. The predicted octanol–water partition coefficient (Wildman–Crippen LogP) is 3.98. The van der Waals surface area contributed by atoms with Gasteiger partial charge < -0.3 is 15.4 Å². The summed E-state index contributed by atoms with van der Waals surface area (Å²) in [5, 5.41) is 10.8. The Labute approximate surface area is 178 Å². The molecule has 154 valence electrons. The molecule has 3 heterocycles. The Morgan fingerprint density at radius 1 is 1.10 bits per heavy atom. The second-order valence-corrected chi connectivity index (χ2v) is 7.25. The van der Waals surface area contributed by atoms with Crippen LogP contribution in [0.5, 0.6) is 0 Å². The summed E-state index contributed by atoms with van der Waals surface area (Å²) in [5.74, 6) is -0.933. The number of aromatic amines is 1. The second kappa shape index (κ2) is 8.92. The zero-order valence-electron chi connectivity index (χ0n) is 16.5. The molecule has 3 aromatic rings. The average molecular weight is 426 g/mol. The van der Waals surface area contributed by atoms with Crippen molar-refractivity contribution in [2.75, 3.05) is 6.54 Å². The molecule has 1 amide bonds. The lowest BCUT2D eigenvalue weighted by molar-refractivity contribution is -0.134. The van der Waals surface area contributed by atoms with Crippen molar-refractivity contribution in [2.24, 2.45) is 0 Å². The molecule has 0 bridgehead atoms. The zero-order valence-corrected chi connectivity index (χ0v) is 17.2. The standard InChI is InChI=1S/C20H16ClN3O2.C2H4O2/c1-11(25)13-6-14(8-15(21)7-13)18-9-12(2-4-22-18)19-10-16-17(24-19)3-5-23-20(16)26;1-2(3)4/h2,4,6-10,24H,3,5H2,1H3,(H,23,26);1H3,(H,3,4). The van der Waals surface area contributed by atoms with Gasteiger partial charge in [-0.1, -0.05) is 11.6 Å². The van der Waals surface area contributed by atoms with Gasteiger partial charge in [0.2, 0.25) is 0 Å². The van der Waals surface area contributed by atoms with E-state index in [4.69, 9.17) is 21.5 Å². The van der Waals surface area contributed by atoms with E-state index in [9.17, 15) is 9.59 Å².